The van der Waals surface area contributed by atoms with Crippen molar-refractivity contribution in [3.05, 3.63) is 41.7 Å². The highest BCUT2D eigenvalue weighted by atomic mass is 19.1. The minimum atomic E-state index is -0.841. The maximum atomic E-state index is 13.4. The molecule has 0 saturated carbocycles. The smallest absolute Gasteiger partial charge is 0.303 e. The number of benzene rings is 1. The molecule has 4 nitrogen and oxygen atoms in total. The lowest BCUT2D eigenvalue weighted by atomic mass is 10.1. The van der Waals surface area contributed by atoms with Crippen LogP contribution in [0.15, 0.2) is 30.3 Å². The molecule has 1 amide bonds. The number of hydrogen-bond donors (Lipinski definition) is 1. The van der Waals surface area contributed by atoms with E-state index in [9.17, 15) is 14.0 Å². The molecule has 1 unspecified atom stereocenters. The Bertz CT molecular complexity index is 542. The van der Waals surface area contributed by atoms with E-state index in [4.69, 9.17) is 5.11 Å². The standard InChI is InChI=1S/C15H16FNO3/c16-13-4-2-1-3-12(13)5-6-14(18)17-8-7-11(10-17)9-15(19)20/h1-6,11H,7-10H2,(H,19,20). The Morgan fingerprint density at radius 1 is 1.40 bits per heavy atom. The third kappa shape index (κ3) is 3.66. The molecule has 1 N–H and O–H groups in total. The normalized spacial score (nSPS) is 18.6. The molecule has 0 aromatic heterocycles. The van der Waals surface area contributed by atoms with E-state index in [2.05, 4.69) is 0 Å². The Morgan fingerprint density at radius 2 is 2.15 bits per heavy atom. The molecule has 5 heteroatoms. The molecule has 1 heterocycles. The first kappa shape index (κ1) is 14.2. The van der Waals surface area contributed by atoms with Gasteiger partial charge in [-0.05, 0) is 24.5 Å². The summed E-state index contributed by atoms with van der Waals surface area (Å²) in [6, 6.07) is 6.22. The van der Waals surface area contributed by atoms with Gasteiger partial charge in [0.25, 0.3) is 0 Å². The van der Waals surface area contributed by atoms with Gasteiger partial charge in [0.1, 0.15) is 5.82 Å². The van der Waals surface area contributed by atoms with Crippen molar-refractivity contribution in [3.8, 4) is 0 Å². The van der Waals surface area contributed by atoms with Crippen LogP contribution in [0.1, 0.15) is 18.4 Å². The Kier molecular flexibility index (Phi) is 4.50. The molecule has 0 spiro atoms. The van der Waals surface area contributed by atoms with Gasteiger partial charge in [0.2, 0.25) is 5.91 Å². The Labute approximate surface area is 116 Å². The summed E-state index contributed by atoms with van der Waals surface area (Å²) >= 11 is 0. The van der Waals surface area contributed by atoms with Crippen LogP contribution in [-0.4, -0.2) is 35.0 Å². The molecule has 1 saturated heterocycles. The van der Waals surface area contributed by atoms with Crippen molar-refractivity contribution in [2.75, 3.05) is 13.1 Å². The number of aliphatic carboxylic acids is 1. The van der Waals surface area contributed by atoms with Gasteiger partial charge in [-0.2, -0.15) is 0 Å². The molecule has 1 aliphatic rings. The van der Waals surface area contributed by atoms with Gasteiger partial charge in [0.05, 0.1) is 0 Å². The molecule has 1 aromatic rings. The molecule has 1 aromatic carbocycles. The zero-order chi connectivity index (χ0) is 14.5. The summed E-state index contributed by atoms with van der Waals surface area (Å²) in [5, 5.41) is 8.72. The molecular formula is C15H16FNO3. The molecule has 20 heavy (non-hydrogen) atoms. The fraction of sp³-hybridized carbons (Fsp3) is 0.333. The SMILES string of the molecule is O=C(O)CC1CCN(C(=O)C=Cc2ccccc2F)C1. The molecule has 106 valence electrons. The lowest BCUT2D eigenvalue weighted by Gasteiger charge is -2.13. The van der Waals surface area contributed by atoms with Crippen LogP contribution in [0.4, 0.5) is 4.39 Å². The second-order valence-corrected chi connectivity index (χ2v) is 4.89. The van der Waals surface area contributed by atoms with Gasteiger partial charge in [-0.25, -0.2) is 4.39 Å². The van der Waals surface area contributed by atoms with Gasteiger partial charge < -0.3 is 10.0 Å². The topological polar surface area (TPSA) is 57.6 Å². The summed E-state index contributed by atoms with van der Waals surface area (Å²) in [6.07, 6.45) is 3.57. The maximum absolute atomic E-state index is 13.4. The number of hydrogen-bond acceptors (Lipinski definition) is 2. The average Bonchev–Trinajstić information content (AvgIpc) is 2.85. The van der Waals surface area contributed by atoms with Crippen LogP contribution in [0.2, 0.25) is 0 Å². The van der Waals surface area contributed by atoms with Crippen molar-refractivity contribution in [1.29, 1.82) is 0 Å². The van der Waals surface area contributed by atoms with Crippen molar-refractivity contribution >= 4 is 18.0 Å². The minimum absolute atomic E-state index is 0.0123. The third-order valence-corrected chi connectivity index (χ3v) is 3.37. The van der Waals surface area contributed by atoms with Crippen LogP contribution in [0, 0.1) is 11.7 Å². The van der Waals surface area contributed by atoms with Crippen LogP contribution in [0.5, 0.6) is 0 Å². The van der Waals surface area contributed by atoms with Crippen molar-refractivity contribution < 1.29 is 19.1 Å². The molecule has 0 aliphatic carbocycles. The largest absolute Gasteiger partial charge is 0.481 e. The highest BCUT2D eigenvalue weighted by Crippen LogP contribution is 2.20. The van der Waals surface area contributed by atoms with Gasteiger partial charge in [0.15, 0.2) is 0 Å². The monoisotopic (exact) mass is 277 g/mol. The van der Waals surface area contributed by atoms with Gasteiger partial charge in [0, 0.05) is 31.1 Å². The van der Waals surface area contributed by atoms with E-state index in [0.717, 1.165) is 0 Å². The number of rotatable bonds is 4. The van der Waals surface area contributed by atoms with Crippen molar-refractivity contribution in [1.82, 2.24) is 4.90 Å². The molecule has 2 rings (SSSR count). The molecule has 1 fully saturated rings. The summed E-state index contributed by atoms with van der Waals surface area (Å²) in [7, 11) is 0. The number of nitrogens with zero attached hydrogens (tertiary/aromatic N) is 1. The number of halogens is 1. The van der Waals surface area contributed by atoms with Crippen molar-refractivity contribution in [2.24, 2.45) is 5.92 Å². The molecule has 1 aliphatic heterocycles. The summed E-state index contributed by atoms with van der Waals surface area (Å²) in [6.45, 7) is 1.01. The van der Waals surface area contributed by atoms with Gasteiger partial charge >= 0.3 is 5.97 Å². The van der Waals surface area contributed by atoms with Crippen molar-refractivity contribution in [3.63, 3.8) is 0 Å². The molecule has 0 bridgehead atoms. The van der Waals surface area contributed by atoms with E-state index in [1.807, 2.05) is 0 Å². The number of carbonyl (C=O) groups excluding carboxylic acids is 1. The third-order valence-electron chi connectivity index (χ3n) is 3.37. The Hall–Kier alpha value is -2.17. The minimum Gasteiger partial charge on any atom is -0.481 e. The van der Waals surface area contributed by atoms with E-state index < -0.39 is 5.97 Å². The quantitative estimate of drug-likeness (QED) is 0.858. The second kappa shape index (κ2) is 6.32. The number of carboxylic acid groups (broad SMARTS) is 1. The van der Waals surface area contributed by atoms with Crippen molar-refractivity contribution in [2.45, 2.75) is 12.8 Å². The van der Waals surface area contributed by atoms with Crippen LogP contribution in [-0.2, 0) is 9.59 Å². The summed E-state index contributed by atoms with van der Waals surface area (Å²) in [5.74, 6) is -1.41. The molecule has 1 atom stereocenters. The summed E-state index contributed by atoms with van der Waals surface area (Å²) < 4.78 is 13.4. The van der Waals surface area contributed by atoms with Gasteiger partial charge in [-0.3, -0.25) is 9.59 Å². The van der Waals surface area contributed by atoms with Gasteiger partial charge in [-0.15, -0.1) is 0 Å². The Morgan fingerprint density at radius 3 is 2.85 bits per heavy atom. The zero-order valence-electron chi connectivity index (χ0n) is 11.0. The summed E-state index contributed by atoms with van der Waals surface area (Å²) in [5.41, 5.74) is 0.363. The average molecular weight is 277 g/mol. The predicted octanol–water partition coefficient (Wildman–Crippen LogP) is 2.16. The number of amides is 1. The lowest BCUT2D eigenvalue weighted by Crippen LogP contribution is -2.27. The maximum Gasteiger partial charge on any atom is 0.303 e. The second-order valence-electron chi connectivity index (χ2n) is 4.89. The Balaban J connectivity index is 1.93. The fourth-order valence-corrected chi connectivity index (χ4v) is 2.32. The van der Waals surface area contributed by atoms with E-state index in [1.54, 1.807) is 23.1 Å². The molecule has 0 radical (unpaired) electrons. The van der Waals surface area contributed by atoms with Crippen LogP contribution in [0.3, 0.4) is 0 Å². The molecular weight excluding hydrogens is 261 g/mol. The first-order chi connectivity index (χ1) is 9.56. The number of carboxylic acids is 1. The van der Waals surface area contributed by atoms with Crippen LogP contribution in [0.25, 0.3) is 6.08 Å². The van der Waals surface area contributed by atoms with Crippen LogP contribution >= 0.6 is 0 Å². The lowest BCUT2D eigenvalue weighted by molar-refractivity contribution is -0.138. The van der Waals surface area contributed by atoms with Gasteiger partial charge in [-0.1, -0.05) is 18.2 Å². The van der Waals surface area contributed by atoms with E-state index >= 15 is 0 Å². The summed E-state index contributed by atoms with van der Waals surface area (Å²) in [4.78, 5) is 24.2. The first-order valence-electron chi connectivity index (χ1n) is 6.49. The highest BCUT2D eigenvalue weighted by molar-refractivity contribution is 5.92. The number of likely N-dealkylation sites (tertiary alicyclic amines) is 1. The zero-order valence-corrected chi connectivity index (χ0v) is 11.0. The van der Waals surface area contributed by atoms with E-state index in [1.165, 1.54) is 18.2 Å². The highest BCUT2D eigenvalue weighted by Gasteiger charge is 2.26. The van der Waals surface area contributed by atoms with Crippen LogP contribution < -0.4 is 0 Å². The fourth-order valence-electron chi connectivity index (χ4n) is 2.32. The number of carbonyl (C=O) groups is 2. The van der Waals surface area contributed by atoms with E-state index in [0.29, 0.717) is 25.1 Å². The predicted molar refractivity (Wildman–Crippen MR) is 72.4 cm³/mol. The van der Waals surface area contributed by atoms with E-state index in [-0.39, 0.29) is 24.1 Å². The first-order valence-corrected chi connectivity index (χ1v) is 6.49.